The molecular weight excluding hydrogens is 378 g/mol. The van der Waals surface area contributed by atoms with Crippen LogP contribution in [0.15, 0.2) is 28.2 Å². The summed E-state index contributed by atoms with van der Waals surface area (Å²) in [5.41, 5.74) is 3.11. The first-order valence-corrected chi connectivity index (χ1v) is 9.38. The Bertz CT molecular complexity index is 1060. The number of carbonyl (C=O) groups excluding carboxylic acids is 2. The van der Waals surface area contributed by atoms with Gasteiger partial charge >= 0.3 is 17.6 Å². The molecule has 2 heterocycles. The molecule has 0 N–H and O–H groups in total. The first kappa shape index (κ1) is 20.7. The number of ether oxygens (including phenoxy) is 3. The summed E-state index contributed by atoms with van der Waals surface area (Å²) in [7, 11) is 2.50. The van der Waals surface area contributed by atoms with Crippen LogP contribution in [0.3, 0.4) is 0 Å². The Hall–Kier alpha value is -3.07. The third-order valence-electron chi connectivity index (χ3n) is 5.09. The summed E-state index contributed by atoms with van der Waals surface area (Å²) in [6.07, 6.45) is 0. The number of esters is 2. The molecule has 3 rings (SSSR count). The molecule has 0 spiro atoms. The molecule has 0 unspecified atom stereocenters. The molecule has 2 aromatic rings. The molecule has 0 bridgehead atoms. The number of hydrogen-bond acceptors (Lipinski definition) is 7. The number of aryl methyl sites for hydroxylation is 3. The van der Waals surface area contributed by atoms with Crippen molar-refractivity contribution < 1.29 is 23.8 Å². The van der Waals surface area contributed by atoms with Crippen LogP contribution in [0.5, 0.6) is 0 Å². The lowest BCUT2D eigenvalue weighted by Gasteiger charge is -2.32. The van der Waals surface area contributed by atoms with Gasteiger partial charge in [0.15, 0.2) is 0 Å². The van der Waals surface area contributed by atoms with Crippen LogP contribution in [0, 0.1) is 6.92 Å². The Balaban J connectivity index is 2.28. The standard InChI is InChI=1S/C20H25N3O6/c1-6-21-15-8-12(3)14(9-16(15)22(7-2)20(21)26)23-11-29-10-13(18(24)27-4)17(23)19(25)28-5/h8-9H,6-7,10-11H2,1-5H3. The summed E-state index contributed by atoms with van der Waals surface area (Å²) < 4.78 is 18.7. The van der Waals surface area contributed by atoms with Crippen molar-refractivity contribution in [3.05, 3.63) is 39.5 Å². The molecule has 1 aliphatic heterocycles. The quantitative estimate of drug-likeness (QED) is 0.700. The second-order valence-corrected chi connectivity index (χ2v) is 6.61. The molecule has 0 saturated carbocycles. The molecule has 1 aliphatic rings. The Labute approximate surface area is 168 Å². The fourth-order valence-electron chi connectivity index (χ4n) is 3.69. The fraction of sp³-hybridized carbons (Fsp3) is 0.450. The van der Waals surface area contributed by atoms with Gasteiger partial charge < -0.3 is 19.1 Å². The van der Waals surface area contributed by atoms with Crippen molar-refractivity contribution in [2.75, 3.05) is 32.5 Å². The van der Waals surface area contributed by atoms with E-state index in [-0.39, 0.29) is 30.3 Å². The molecule has 0 amide bonds. The third kappa shape index (κ3) is 3.31. The van der Waals surface area contributed by atoms with Gasteiger partial charge in [0.2, 0.25) is 0 Å². The van der Waals surface area contributed by atoms with Gasteiger partial charge in [0.05, 0.1) is 37.4 Å². The second kappa shape index (κ2) is 8.12. The molecular formula is C20H25N3O6. The molecule has 1 aromatic heterocycles. The van der Waals surface area contributed by atoms with Crippen molar-refractivity contribution in [1.29, 1.82) is 0 Å². The zero-order chi connectivity index (χ0) is 21.3. The van der Waals surface area contributed by atoms with Crippen molar-refractivity contribution in [3.63, 3.8) is 0 Å². The Morgan fingerprint density at radius 1 is 1.03 bits per heavy atom. The van der Waals surface area contributed by atoms with Gasteiger partial charge in [-0.05, 0) is 38.5 Å². The summed E-state index contributed by atoms with van der Waals surface area (Å²) in [6.45, 7) is 6.76. The van der Waals surface area contributed by atoms with Gasteiger partial charge in [-0.15, -0.1) is 0 Å². The van der Waals surface area contributed by atoms with Crippen LogP contribution in [-0.2, 0) is 36.9 Å². The molecule has 9 heteroatoms. The lowest BCUT2D eigenvalue weighted by atomic mass is 10.1. The predicted octanol–water partition coefficient (Wildman–Crippen LogP) is 1.55. The average molecular weight is 403 g/mol. The van der Waals surface area contributed by atoms with E-state index in [0.717, 1.165) is 16.6 Å². The number of benzene rings is 1. The maximum absolute atomic E-state index is 12.7. The van der Waals surface area contributed by atoms with Crippen LogP contribution in [0.1, 0.15) is 19.4 Å². The topological polar surface area (TPSA) is 92.0 Å². The SMILES string of the molecule is CCn1c(=O)n(CC)c2cc(N3COCC(C(=O)OC)=C3C(=O)OC)c(C)cc21. The fourth-order valence-corrected chi connectivity index (χ4v) is 3.69. The highest BCUT2D eigenvalue weighted by atomic mass is 16.5. The van der Waals surface area contributed by atoms with E-state index in [1.807, 2.05) is 32.9 Å². The summed E-state index contributed by atoms with van der Waals surface area (Å²) >= 11 is 0. The van der Waals surface area contributed by atoms with E-state index in [4.69, 9.17) is 14.2 Å². The van der Waals surface area contributed by atoms with Crippen LogP contribution >= 0.6 is 0 Å². The number of carbonyl (C=O) groups is 2. The summed E-state index contributed by atoms with van der Waals surface area (Å²) in [4.78, 5) is 39.0. The van der Waals surface area contributed by atoms with Crippen LogP contribution in [0.4, 0.5) is 5.69 Å². The molecule has 29 heavy (non-hydrogen) atoms. The highest BCUT2D eigenvalue weighted by Crippen LogP contribution is 2.32. The molecule has 0 atom stereocenters. The van der Waals surface area contributed by atoms with E-state index in [1.54, 1.807) is 14.0 Å². The lowest BCUT2D eigenvalue weighted by molar-refractivity contribution is -0.140. The van der Waals surface area contributed by atoms with Crippen molar-refractivity contribution >= 4 is 28.7 Å². The lowest BCUT2D eigenvalue weighted by Crippen LogP contribution is -2.39. The largest absolute Gasteiger partial charge is 0.466 e. The minimum Gasteiger partial charge on any atom is -0.466 e. The third-order valence-corrected chi connectivity index (χ3v) is 5.09. The van der Waals surface area contributed by atoms with Gasteiger partial charge in [-0.1, -0.05) is 0 Å². The van der Waals surface area contributed by atoms with Gasteiger partial charge in [0, 0.05) is 18.8 Å². The number of hydrogen-bond donors (Lipinski definition) is 0. The highest BCUT2D eigenvalue weighted by molar-refractivity contribution is 6.04. The molecule has 0 fully saturated rings. The smallest absolute Gasteiger partial charge is 0.355 e. The van der Waals surface area contributed by atoms with Gasteiger partial charge in [-0.25, -0.2) is 14.4 Å². The van der Waals surface area contributed by atoms with Crippen LogP contribution in [-0.4, -0.2) is 48.6 Å². The van der Waals surface area contributed by atoms with E-state index in [2.05, 4.69) is 0 Å². The highest BCUT2D eigenvalue weighted by Gasteiger charge is 2.33. The van der Waals surface area contributed by atoms with Crippen LogP contribution < -0.4 is 10.6 Å². The van der Waals surface area contributed by atoms with Crippen molar-refractivity contribution in [3.8, 4) is 0 Å². The van der Waals surface area contributed by atoms with Crippen molar-refractivity contribution in [2.45, 2.75) is 33.9 Å². The average Bonchev–Trinajstić information content (AvgIpc) is 3.00. The predicted molar refractivity (Wildman–Crippen MR) is 107 cm³/mol. The van der Waals surface area contributed by atoms with E-state index < -0.39 is 11.9 Å². The Morgan fingerprint density at radius 3 is 2.17 bits per heavy atom. The van der Waals surface area contributed by atoms with Gasteiger partial charge in [-0.2, -0.15) is 0 Å². The summed E-state index contributed by atoms with van der Waals surface area (Å²) in [5, 5.41) is 0. The number of anilines is 1. The van der Waals surface area contributed by atoms with Crippen LogP contribution in [0.2, 0.25) is 0 Å². The second-order valence-electron chi connectivity index (χ2n) is 6.61. The van der Waals surface area contributed by atoms with Crippen molar-refractivity contribution in [2.24, 2.45) is 0 Å². The van der Waals surface area contributed by atoms with Gasteiger partial charge in [-0.3, -0.25) is 9.13 Å². The minimum atomic E-state index is -0.660. The number of fused-ring (bicyclic) bond motifs is 1. The van der Waals surface area contributed by atoms with Gasteiger partial charge in [0.25, 0.3) is 0 Å². The number of methoxy groups -OCH3 is 2. The van der Waals surface area contributed by atoms with E-state index in [1.165, 1.54) is 14.2 Å². The molecule has 0 aliphatic carbocycles. The molecule has 0 saturated heterocycles. The number of nitrogens with zero attached hydrogens (tertiary/aromatic N) is 3. The summed E-state index contributed by atoms with van der Waals surface area (Å²) in [6, 6.07) is 3.75. The number of rotatable bonds is 5. The van der Waals surface area contributed by atoms with E-state index >= 15 is 0 Å². The van der Waals surface area contributed by atoms with Crippen LogP contribution in [0.25, 0.3) is 11.0 Å². The molecule has 1 aromatic carbocycles. The number of aromatic nitrogens is 2. The first-order valence-electron chi connectivity index (χ1n) is 9.38. The maximum atomic E-state index is 12.7. The molecule has 0 radical (unpaired) electrons. The Kier molecular flexibility index (Phi) is 5.78. The van der Waals surface area contributed by atoms with E-state index in [9.17, 15) is 14.4 Å². The van der Waals surface area contributed by atoms with Gasteiger partial charge in [0.1, 0.15) is 12.4 Å². The summed E-state index contributed by atoms with van der Waals surface area (Å²) in [5.74, 6) is -1.32. The van der Waals surface area contributed by atoms with E-state index in [0.29, 0.717) is 18.8 Å². The zero-order valence-corrected chi connectivity index (χ0v) is 17.3. The maximum Gasteiger partial charge on any atom is 0.355 e. The Morgan fingerprint density at radius 2 is 1.62 bits per heavy atom. The first-order chi connectivity index (χ1) is 13.9. The monoisotopic (exact) mass is 403 g/mol. The zero-order valence-electron chi connectivity index (χ0n) is 17.3. The normalized spacial score (nSPS) is 14.4. The molecule has 156 valence electrons. The molecule has 9 nitrogen and oxygen atoms in total. The van der Waals surface area contributed by atoms with Crippen molar-refractivity contribution in [1.82, 2.24) is 9.13 Å². The number of imidazole rings is 1. The minimum absolute atomic E-state index is 0.0548.